The first-order valence-electron chi connectivity index (χ1n) is 4.78. The number of rotatable bonds is 6. The Labute approximate surface area is 128 Å². The van der Waals surface area contributed by atoms with Crippen molar-refractivity contribution in [2.75, 3.05) is 17.4 Å². The van der Waals surface area contributed by atoms with Crippen LogP contribution in [0.25, 0.3) is 0 Å². The second kappa shape index (κ2) is 9.48. The fourth-order valence-corrected chi connectivity index (χ4v) is 2.45. The van der Waals surface area contributed by atoms with Crippen molar-refractivity contribution >= 4 is 58.7 Å². The molecule has 0 rings (SSSR count). The molecule has 0 bridgehead atoms. The molecular formula is C7H17Br2ClO6P2. The van der Waals surface area contributed by atoms with Gasteiger partial charge in [0.25, 0.3) is 0 Å². The molecule has 18 heavy (non-hydrogen) atoms. The maximum Gasteiger partial charge on any atom is 0.342 e. The van der Waals surface area contributed by atoms with Crippen LogP contribution in [0.15, 0.2) is 0 Å². The van der Waals surface area contributed by atoms with E-state index in [1.807, 2.05) is 0 Å². The van der Waals surface area contributed by atoms with Gasteiger partial charge in [0.15, 0.2) is 0 Å². The lowest BCUT2D eigenvalue weighted by Crippen LogP contribution is -2.16. The van der Waals surface area contributed by atoms with Gasteiger partial charge in [0.05, 0.1) is 0 Å². The van der Waals surface area contributed by atoms with Crippen molar-refractivity contribution in [1.82, 2.24) is 0 Å². The number of unbranched alkanes of at least 4 members (excludes halogenated alkanes) is 1. The predicted octanol–water partition coefficient (Wildman–Crippen LogP) is 2.85. The molecular weight excluding hydrogens is 437 g/mol. The highest BCUT2D eigenvalue weighted by molar-refractivity contribution is 9.13. The molecule has 4 N–H and O–H groups in total. The summed E-state index contributed by atoms with van der Waals surface area (Å²) in [5.41, 5.74) is 0. The van der Waals surface area contributed by atoms with Crippen molar-refractivity contribution in [3.05, 3.63) is 0 Å². The zero-order valence-electron chi connectivity index (χ0n) is 9.67. The maximum atomic E-state index is 10.5. The molecule has 112 valence electrons. The van der Waals surface area contributed by atoms with Gasteiger partial charge in [-0.25, -0.2) is 0 Å². The predicted molar refractivity (Wildman–Crippen MR) is 80.0 cm³/mol. The van der Waals surface area contributed by atoms with Crippen LogP contribution in [0.5, 0.6) is 0 Å². The molecule has 0 aliphatic carbocycles. The monoisotopic (exact) mass is 452 g/mol. The average molecular weight is 454 g/mol. The summed E-state index contributed by atoms with van der Waals surface area (Å²) in [6.45, 7) is 1.43. The zero-order valence-corrected chi connectivity index (χ0v) is 15.4. The molecule has 6 nitrogen and oxygen atoms in total. The van der Waals surface area contributed by atoms with E-state index in [4.69, 9.17) is 31.2 Å². The van der Waals surface area contributed by atoms with Crippen molar-refractivity contribution < 1.29 is 28.7 Å². The van der Waals surface area contributed by atoms with Gasteiger partial charge < -0.3 is 19.6 Å². The molecule has 0 aliphatic rings. The molecule has 0 aromatic heterocycles. The van der Waals surface area contributed by atoms with Crippen LogP contribution < -0.4 is 0 Å². The fraction of sp³-hybridized carbons (Fsp3) is 1.00. The fourth-order valence-electron chi connectivity index (χ4n) is 0.490. The van der Waals surface area contributed by atoms with Crippen LogP contribution in [0, 0.1) is 0 Å². The number of hydrogen-bond acceptors (Lipinski definition) is 2. The minimum absolute atomic E-state index is 0.0419. The van der Waals surface area contributed by atoms with Gasteiger partial charge in [0, 0.05) is 17.4 Å². The summed E-state index contributed by atoms with van der Waals surface area (Å²) in [5.74, 6) is 0.472. The van der Waals surface area contributed by atoms with Gasteiger partial charge in [-0.1, -0.05) is 31.9 Å². The Morgan fingerprint density at radius 1 is 1.17 bits per heavy atom. The molecule has 1 unspecified atom stereocenters. The van der Waals surface area contributed by atoms with Gasteiger partial charge in [-0.3, -0.25) is 9.13 Å². The van der Waals surface area contributed by atoms with E-state index in [2.05, 4.69) is 31.9 Å². The molecule has 0 fully saturated rings. The summed E-state index contributed by atoms with van der Waals surface area (Å²) in [6.07, 6.45) is 1.14. The normalized spacial score (nSPS) is 15.6. The molecule has 1 atom stereocenters. The second-order valence-electron chi connectivity index (χ2n) is 3.60. The lowest BCUT2D eigenvalue weighted by molar-refractivity contribution is 0.360. The highest BCUT2D eigenvalue weighted by atomic mass is 79.9. The Balaban J connectivity index is 0. The summed E-state index contributed by atoms with van der Waals surface area (Å²) in [4.78, 5) is 33.8. The van der Waals surface area contributed by atoms with Crippen molar-refractivity contribution in [1.29, 1.82) is 0 Å². The van der Waals surface area contributed by atoms with Crippen LogP contribution in [0.3, 0.4) is 0 Å². The molecule has 0 amide bonds. The summed E-state index contributed by atoms with van der Waals surface area (Å²) in [7, 11) is -7.75. The molecule has 0 aromatic carbocycles. The Morgan fingerprint density at radius 2 is 1.61 bits per heavy atom. The minimum Gasteiger partial charge on any atom is -0.324 e. The van der Waals surface area contributed by atoms with Gasteiger partial charge in [-0.15, -0.1) is 11.6 Å². The number of halogens is 3. The highest BCUT2D eigenvalue weighted by Crippen LogP contribution is 2.54. The van der Waals surface area contributed by atoms with Crippen molar-refractivity contribution in [3.8, 4) is 0 Å². The summed E-state index contributed by atoms with van der Waals surface area (Å²) in [6, 6.07) is 0. The van der Waals surface area contributed by atoms with Crippen molar-refractivity contribution in [2.45, 2.75) is 23.8 Å². The third-order valence-corrected chi connectivity index (χ3v) is 8.20. The number of alkyl halides is 3. The van der Waals surface area contributed by atoms with E-state index in [1.165, 1.54) is 6.92 Å². The zero-order chi connectivity index (χ0) is 15.0. The SMILES string of the molecule is CC(Br)(CBr)P(=O)(O)O.O=P(O)(O)CCCCCl. The molecule has 0 spiro atoms. The molecule has 0 aliphatic heterocycles. The van der Waals surface area contributed by atoms with Crippen LogP contribution in [-0.4, -0.2) is 41.0 Å². The van der Waals surface area contributed by atoms with Gasteiger partial charge >= 0.3 is 15.2 Å². The lowest BCUT2D eigenvalue weighted by atomic mass is 10.4. The van der Waals surface area contributed by atoms with Gasteiger partial charge in [0.2, 0.25) is 0 Å². The van der Waals surface area contributed by atoms with E-state index in [0.29, 0.717) is 18.7 Å². The first kappa shape index (κ1) is 21.8. The lowest BCUT2D eigenvalue weighted by Gasteiger charge is -2.19. The molecule has 0 saturated carbocycles. The number of hydrogen-bond donors (Lipinski definition) is 4. The van der Waals surface area contributed by atoms with Gasteiger partial charge in [0.1, 0.15) is 4.07 Å². The Morgan fingerprint density at radius 3 is 1.78 bits per heavy atom. The first-order valence-corrected chi connectivity index (χ1v) is 10.6. The van der Waals surface area contributed by atoms with Crippen molar-refractivity contribution in [2.24, 2.45) is 0 Å². The standard InChI is InChI=1S/C4H10ClO3P.C3H7Br2O3P/c5-3-1-2-4-9(6,7)8;1-3(5,2-4)9(6,7)8/h1-4H2,(H2,6,7,8);2H2,1H3,(H2,6,7,8). The van der Waals surface area contributed by atoms with E-state index >= 15 is 0 Å². The summed E-state index contributed by atoms with van der Waals surface area (Å²) < 4.78 is 19.5. The van der Waals surface area contributed by atoms with Crippen LogP contribution in [0.4, 0.5) is 0 Å². The Bertz CT molecular complexity index is 315. The molecule has 0 aromatic rings. The molecule has 0 radical (unpaired) electrons. The average Bonchev–Trinajstić information content (AvgIpc) is 2.15. The molecule has 0 saturated heterocycles. The van der Waals surface area contributed by atoms with Gasteiger partial charge in [-0.2, -0.15) is 0 Å². The van der Waals surface area contributed by atoms with Crippen molar-refractivity contribution in [3.63, 3.8) is 0 Å². The maximum absolute atomic E-state index is 10.5. The largest absolute Gasteiger partial charge is 0.342 e. The van der Waals surface area contributed by atoms with Crippen LogP contribution in [0.1, 0.15) is 19.8 Å². The van der Waals surface area contributed by atoms with Crippen LogP contribution >= 0.6 is 58.7 Å². The quantitative estimate of drug-likeness (QED) is 0.279. The third kappa shape index (κ3) is 12.6. The van der Waals surface area contributed by atoms with E-state index in [9.17, 15) is 9.13 Å². The Hall–Kier alpha value is 1.55. The van der Waals surface area contributed by atoms with E-state index in [1.54, 1.807) is 0 Å². The summed E-state index contributed by atoms with van der Waals surface area (Å²) >= 11 is 11.1. The first-order chi connectivity index (χ1) is 7.87. The van der Waals surface area contributed by atoms with Crippen LogP contribution in [0.2, 0.25) is 0 Å². The smallest absolute Gasteiger partial charge is 0.324 e. The minimum atomic E-state index is -4.00. The Kier molecular flexibility index (Phi) is 11.5. The third-order valence-electron chi connectivity index (χ3n) is 1.68. The highest BCUT2D eigenvalue weighted by Gasteiger charge is 2.38. The van der Waals surface area contributed by atoms with E-state index in [0.717, 1.165) is 0 Å². The van der Waals surface area contributed by atoms with Gasteiger partial charge in [-0.05, 0) is 19.8 Å². The molecule has 11 heteroatoms. The van der Waals surface area contributed by atoms with E-state index in [-0.39, 0.29) is 11.5 Å². The van der Waals surface area contributed by atoms with Crippen LogP contribution in [-0.2, 0) is 9.13 Å². The topological polar surface area (TPSA) is 115 Å². The second-order valence-corrected chi connectivity index (χ2v) is 10.8. The van der Waals surface area contributed by atoms with E-state index < -0.39 is 19.3 Å². The molecule has 0 heterocycles. The summed E-state index contributed by atoms with van der Waals surface area (Å²) in [5, 5.41) is 0.226.